The van der Waals surface area contributed by atoms with Gasteiger partial charge in [-0.1, -0.05) is 0 Å². The van der Waals surface area contributed by atoms with Crippen molar-refractivity contribution in [1.29, 1.82) is 0 Å². The molecule has 0 aliphatic carbocycles. The second-order valence-corrected chi connectivity index (χ2v) is 4.18. The van der Waals surface area contributed by atoms with Gasteiger partial charge in [0.2, 0.25) is 0 Å². The maximum absolute atomic E-state index is 11.8. The second kappa shape index (κ2) is 6.38. The number of nitrogens with zero attached hydrogens (tertiary/aromatic N) is 3. The molecule has 1 aromatic heterocycles. The maximum atomic E-state index is 11.8. The maximum Gasteiger partial charge on any atom is 0.271 e. The van der Waals surface area contributed by atoms with Gasteiger partial charge in [-0.3, -0.25) is 19.9 Å². The number of carbonyl (C=O) groups excluding carboxylic acids is 1. The van der Waals surface area contributed by atoms with Crippen molar-refractivity contribution in [2.75, 3.05) is 0 Å². The predicted octanol–water partition coefficient (Wildman–Crippen LogP) is 2.14. The molecule has 0 atom stereocenters. The summed E-state index contributed by atoms with van der Waals surface area (Å²) in [5.74, 6) is -0.348. The molecule has 7 nitrogen and oxygen atoms in total. The molecule has 1 amide bonds. The minimum Gasteiger partial charge on any atom is -0.267 e. The van der Waals surface area contributed by atoms with E-state index in [2.05, 4.69) is 15.5 Å². The van der Waals surface area contributed by atoms with Crippen LogP contribution in [0.1, 0.15) is 22.8 Å². The van der Waals surface area contributed by atoms with Crippen molar-refractivity contribution in [3.05, 3.63) is 70.0 Å². The van der Waals surface area contributed by atoms with E-state index in [1.165, 1.54) is 24.5 Å². The summed E-state index contributed by atoms with van der Waals surface area (Å²) in [4.78, 5) is 25.7. The van der Waals surface area contributed by atoms with E-state index in [0.717, 1.165) is 0 Å². The minimum absolute atomic E-state index is 0.00683. The molecule has 7 heteroatoms. The molecule has 0 fully saturated rings. The zero-order valence-corrected chi connectivity index (χ0v) is 11.2. The van der Waals surface area contributed by atoms with Crippen molar-refractivity contribution >= 4 is 17.3 Å². The number of aromatic nitrogens is 1. The molecule has 2 rings (SSSR count). The van der Waals surface area contributed by atoms with Gasteiger partial charge in [0.25, 0.3) is 11.6 Å². The zero-order chi connectivity index (χ0) is 15.2. The lowest BCUT2D eigenvalue weighted by atomic mass is 10.1. The minimum atomic E-state index is -0.471. The van der Waals surface area contributed by atoms with Crippen LogP contribution in [-0.4, -0.2) is 21.5 Å². The van der Waals surface area contributed by atoms with Gasteiger partial charge in [0.1, 0.15) is 0 Å². The van der Waals surface area contributed by atoms with Gasteiger partial charge in [-0.05, 0) is 36.8 Å². The quantitative estimate of drug-likeness (QED) is 0.528. The van der Waals surface area contributed by atoms with Crippen LogP contribution in [0.5, 0.6) is 0 Å². The second-order valence-electron chi connectivity index (χ2n) is 4.18. The Morgan fingerprint density at radius 1 is 1.14 bits per heavy atom. The first kappa shape index (κ1) is 14.3. The van der Waals surface area contributed by atoms with Crippen molar-refractivity contribution in [2.45, 2.75) is 6.92 Å². The Bertz CT molecular complexity index is 681. The lowest BCUT2D eigenvalue weighted by molar-refractivity contribution is -0.384. The fourth-order valence-electron chi connectivity index (χ4n) is 1.59. The monoisotopic (exact) mass is 284 g/mol. The van der Waals surface area contributed by atoms with Crippen LogP contribution < -0.4 is 5.43 Å². The summed E-state index contributed by atoms with van der Waals surface area (Å²) < 4.78 is 0. The van der Waals surface area contributed by atoms with Crippen LogP contribution in [0, 0.1) is 10.1 Å². The normalized spacial score (nSPS) is 11.0. The van der Waals surface area contributed by atoms with Gasteiger partial charge in [-0.2, -0.15) is 5.10 Å². The fourth-order valence-corrected chi connectivity index (χ4v) is 1.59. The number of hydrogen-bond donors (Lipinski definition) is 1. The molecule has 1 aromatic carbocycles. The Balaban J connectivity index is 2.07. The van der Waals surface area contributed by atoms with E-state index in [1.807, 2.05) is 0 Å². The highest BCUT2D eigenvalue weighted by Crippen LogP contribution is 2.12. The van der Waals surface area contributed by atoms with Gasteiger partial charge in [-0.25, -0.2) is 5.43 Å². The van der Waals surface area contributed by atoms with E-state index in [9.17, 15) is 14.9 Å². The number of non-ortho nitro benzene ring substituents is 1. The number of hydrazone groups is 1. The number of benzene rings is 1. The largest absolute Gasteiger partial charge is 0.271 e. The average molecular weight is 284 g/mol. The lowest BCUT2D eigenvalue weighted by Crippen LogP contribution is -2.19. The third-order valence-corrected chi connectivity index (χ3v) is 2.76. The van der Waals surface area contributed by atoms with Crippen LogP contribution in [0.3, 0.4) is 0 Å². The Morgan fingerprint density at radius 3 is 2.33 bits per heavy atom. The SMILES string of the molecule is CC(=NNC(=O)c1ccncc1)c1ccc([N+](=O)[O-])cc1. The van der Waals surface area contributed by atoms with E-state index in [-0.39, 0.29) is 11.6 Å². The van der Waals surface area contributed by atoms with Crippen LogP contribution in [-0.2, 0) is 0 Å². The van der Waals surface area contributed by atoms with Crippen LogP contribution >= 0.6 is 0 Å². The summed E-state index contributed by atoms with van der Waals surface area (Å²) in [5.41, 5.74) is 4.12. The van der Waals surface area contributed by atoms with Gasteiger partial charge in [0.05, 0.1) is 10.6 Å². The average Bonchev–Trinajstić information content (AvgIpc) is 2.53. The van der Waals surface area contributed by atoms with E-state index in [1.54, 1.807) is 31.2 Å². The van der Waals surface area contributed by atoms with Crippen molar-refractivity contribution in [3.63, 3.8) is 0 Å². The molecule has 0 aliphatic heterocycles. The molecule has 0 radical (unpaired) electrons. The fraction of sp³-hybridized carbons (Fsp3) is 0.0714. The molecule has 0 saturated heterocycles. The molecule has 1 heterocycles. The van der Waals surface area contributed by atoms with Crippen molar-refractivity contribution in [3.8, 4) is 0 Å². The third-order valence-electron chi connectivity index (χ3n) is 2.76. The van der Waals surface area contributed by atoms with E-state index in [4.69, 9.17) is 0 Å². The van der Waals surface area contributed by atoms with Crippen LogP contribution in [0.2, 0.25) is 0 Å². The number of carbonyl (C=O) groups is 1. The van der Waals surface area contributed by atoms with Crippen molar-refractivity contribution in [2.24, 2.45) is 5.10 Å². The molecule has 106 valence electrons. The van der Waals surface area contributed by atoms with Crippen LogP contribution in [0.25, 0.3) is 0 Å². The smallest absolute Gasteiger partial charge is 0.267 e. The number of nitrogens with one attached hydrogen (secondary N) is 1. The molecule has 21 heavy (non-hydrogen) atoms. The number of rotatable bonds is 4. The number of pyridine rings is 1. The zero-order valence-electron chi connectivity index (χ0n) is 11.2. The van der Waals surface area contributed by atoms with Gasteiger partial charge >= 0.3 is 0 Å². The molecule has 1 N–H and O–H groups in total. The lowest BCUT2D eigenvalue weighted by Gasteiger charge is -2.02. The standard InChI is InChI=1S/C14H12N4O3/c1-10(11-2-4-13(5-3-11)18(20)21)16-17-14(19)12-6-8-15-9-7-12/h2-9H,1H3,(H,17,19). The number of nitro benzene ring substituents is 1. The highest BCUT2D eigenvalue weighted by Gasteiger charge is 2.06. The highest BCUT2D eigenvalue weighted by molar-refractivity contribution is 6.00. The highest BCUT2D eigenvalue weighted by atomic mass is 16.6. The first-order chi connectivity index (χ1) is 10.1. The molecule has 0 unspecified atom stereocenters. The first-order valence-electron chi connectivity index (χ1n) is 6.07. The van der Waals surface area contributed by atoms with Crippen LogP contribution in [0.15, 0.2) is 53.9 Å². The summed E-state index contributed by atoms with van der Waals surface area (Å²) in [6.07, 6.45) is 3.03. The predicted molar refractivity (Wildman–Crippen MR) is 77.0 cm³/mol. The Morgan fingerprint density at radius 2 is 1.76 bits per heavy atom. The van der Waals surface area contributed by atoms with Gasteiger partial charge in [0.15, 0.2) is 0 Å². The molecular formula is C14H12N4O3. The number of nitro groups is 1. The molecule has 0 aliphatic rings. The van der Waals surface area contributed by atoms with Gasteiger partial charge in [-0.15, -0.1) is 0 Å². The van der Waals surface area contributed by atoms with Crippen LogP contribution in [0.4, 0.5) is 5.69 Å². The van der Waals surface area contributed by atoms with Crippen molar-refractivity contribution in [1.82, 2.24) is 10.4 Å². The summed E-state index contributed by atoms with van der Waals surface area (Å²) >= 11 is 0. The Labute approximate surface area is 120 Å². The third kappa shape index (κ3) is 3.69. The molecular weight excluding hydrogens is 272 g/mol. The first-order valence-corrected chi connectivity index (χ1v) is 6.07. The molecule has 0 saturated carbocycles. The van der Waals surface area contributed by atoms with Gasteiger partial charge in [0, 0.05) is 30.1 Å². The molecule has 0 spiro atoms. The van der Waals surface area contributed by atoms with Gasteiger partial charge < -0.3 is 0 Å². The molecule has 0 bridgehead atoms. The molecule has 2 aromatic rings. The summed E-state index contributed by atoms with van der Waals surface area (Å²) in [6, 6.07) is 9.08. The van der Waals surface area contributed by atoms with E-state index >= 15 is 0 Å². The van der Waals surface area contributed by atoms with E-state index < -0.39 is 4.92 Å². The summed E-state index contributed by atoms with van der Waals surface area (Å²) in [6.45, 7) is 1.70. The van der Waals surface area contributed by atoms with E-state index in [0.29, 0.717) is 16.8 Å². The topological polar surface area (TPSA) is 97.5 Å². The Hall–Kier alpha value is -3.09. The Kier molecular flexibility index (Phi) is 4.35. The van der Waals surface area contributed by atoms with Crippen molar-refractivity contribution < 1.29 is 9.72 Å². The number of hydrogen-bond acceptors (Lipinski definition) is 5. The number of amides is 1. The summed E-state index contributed by atoms with van der Waals surface area (Å²) in [5, 5.41) is 14.5. The summed E-state index contributed by atoms with van der Waals surface area (Å²) in [7, 11) is 0.